The Kier molecular flexibility index (Phi) is 4.93. The first-order chi connectivity index (χ1) is 12.1. The predicted octanol–water partition coefficient (Wildman–Crippen LogP) is -0.734. The van der Waals surface area contributed by atoms with Crippen LogP contribution in [0.5, 0.6) is 0 Å². The van der Waals surface area contributed by atoms with Crippen LogP contribution in [0, 0.1) is 0 Å². The molecule has 0 radical (unpaired) electrons. The molecule has 0 unspecified atom stereocenters. The smallest absolute Gasteiger partial charge is 0.386 e. The Hall–Kier alpha value is -2.15. The minimum absolute atomic E-state index is 0.120. The van der Waals surface area contributed by atoms with E-state index in [9.17, 15) is 28.8 Å². The molecule has 134 valence electrons. The molecule has 0 heterocycles. The van der Waals surface area contributed by atoms with Crippen LogP contribution in [0.25, 0.3) is 22.3 Å². The highest BCUT2D eigenvalue weighted by Gasteiger charge is 2.30. The second-order valence-electron chi connectivity index (χ2n) is 6.00. The molecule has 3 aromatic carbocycles. The summed E-state index contributed by atoms with van der Waals surface area (Å²) in [4.78, 5) is 55.7. The first-order valence-electron chi connectivity index (χ1n) is 7.81. The maximum absolute atomic E-state index is 9.29. The third-order valence-corrected chi connectivity index (χ3v) is 6.31. The lowest BCUT2D eigenvalue weighted by molar-refractivity contribution is 0.248. The number of benzene rings is 3. The Morgan fingerprint density at radius 1 is 0.346 bits per heavy atom. The molecular weight excluding hydrogens is 368 g/mol. The van der Waals surface area contributed by atoms with Gasteiger partial charge in [0.15, 0.2) is 0 Å². The highest BCUT2D eigenvalue weighted by atomic mass is 28.4. The largest absolute Gasteiger partial charge is 0.528 e. The summed E-state index contributed by atoms with van der Waals surface area (Å²) in [7, 11) is -8.56. The van der Waals surface area contributed by atoms with Crippen molar-refractivity contribution in [3.63, 3.8) is 0 Å². The van der Waals surface area contributed by atoms with Crippen molar-refractivity contribution in [1.82, 2.24) is 0 Å². The van der Waals surface area contributed by atoms with Crippen molar-refractivity contribution in [2.24, 2.45) is 0 Å². The molecule has 0 bridgehead atoms. The zero-order valence-electron chi connectivity index (χ0n) is 13.6. The van der Waals surface area contributed by atoms with Crippen LogP contribution >= 0.6 is 0 Å². The predicted molar refractivity (Wildman–Crippen MR) is 101 cm³/mol. The maximum atomic E-state index is 9.29. The second kappa shape index (κ2) is 6.87. The van der Waals surface area contributed by atoms with Gasteiger partial charge < -0.3 is 28.8 Å². The van der Waals surface area contributed by atoms with Crippen LogP contribution in [0.15, 0.2) is 72.8 Å². The van der Waals surface area contributed by atoms with Gasteiger partial charge in [-0.3, -0.25) is 0 Å². The van der Waals surface area contributed by atoms with Gasteiger partial charge in [-0.15, -0.1) is 0 Å². The van der Waals surface area contributed by atoms with Crippen LogP contribution in [0.3, 0.4) is 0 Å². The minimum Gasteiger partial charge on any atom is -0.386 e. The molecule has 0 aliphatic rings. The molecule has 0 aliphatic heterocycles. The highest BCUT2D eigenvalue weighted by Crippen LogP contribution is 2.24. The molecule has 0 atom stereocenters. The standard InChI is InChI=1S/C18H18O6Si2/c19-25(20,21)17-9-5-15(6-10-17)13-1-2-14(4-3-13)16-7-11-18(12-8-16)26(22,23)24/h1-12,19-24H. The summed E-state index contributed by atoms with van der Waals surface area (Å²) < 4.78 is 0. The van der Waals surface area contributed by atoms with E-state index < -0.39 is 17.6 Å². The van der Waals surface area contributed by atoms with Gasteiger partial charge in [0.05, 0.1) is 0 Å². The molecule has 0 spiro atoms. The van der Waals surface area contributed by atoms with E-state index in [2.05, 4.69) is 0 Å². The summed E-state index contributed by atoms with van der Waals surface area (Å²) in [5, 5.41) is 0.239. The fraction of sp³-hybridized carbons (Fsp3) is 0. The molecule has 6 N–H and O–H groups in total. The van der Waals surface area contributed by atoms with Crippen LogP contribution < -0.4 is 10.4 Å². The Labute approximate surface area is 152 Å². The van der Waals surface area contributed by atoms with Crippen molar-refractivity contribution in [3.05, 3.63) is 72.8 Å². The van der Waals surface area contributed by atoms with Crippen molar-refractivity contribution < 1.29 is 28.8 Å². The van der Waals surface area contributed by atoms with E-state index in [4.69, 9.17) is 0 Å². The molecular formula is C18H18O6Si2. The Balaban J connectivity index is 1.82. The lowest BCUT2D eigenvalue weighted by Gasteiger charge is -2.11. The molecule has 3 aromatic rings. The van der Waals surface area contributed by atoms with Gasteiger partial charge in [0.2, 0.25) is 0 Å². The zero-order chi connectivity index (χ0) is 18.9. The molecule has 0 fully saturated rings. The SMILES string of the molecule is O[Si](O)(O)c1ccc(-c2ccc(-c3ccc([Si](O)(O)O)cc3)cc2)cc1. The molecule has 3 rings (SSSR count). The average Bonchev–Trinajstić information content (AvgIpc) is 2.61. The third kappa shape index (κ3) is 4.15. The maximum Gasteiger partial charge on any atom is 0.528 e. The second-order valence-corrected chi connectivity index (χ2v) is 9.70. The fourth-order valence-corrected chi connectivity index (χ4v) is 3.86. The van der Waals surface area contributed by atoms with Crippen LogP contribution in [0.2, 0.25) is 0 Å². The molecule has 26 heavy (non-hydrogen) atoms. The molecule has 0 saturated heterocycles. The first-order valence-corrected chi connectivity index (χ1v) is 11.5. The van der Waals surface area contributed by atoms with Crippen molar-refractivity contribution in [2.75, 3.05) is 0 Å². The number of hydrogen-bond acceptors (Lipinski definition) is 6. The Bertz CT molecular complexity index is 803. The summed E-state index contributed by atoms with van der Waals surface area (Å²) in [5.41, 5.74) is 3.58. The number of hydrogen-bond donors (Lipinski definition) is 6. The molecule has 0 saturated carbocycles. The number of rotatable bonds is 4. The average molecular weight is 387 g/mol. The van der Waals surface area contributed by atoms with E-state index in [-0.39, 0.29) is 10.4 Å². The summed E-state index contributed by atoms with van der Waals surface area (Å²) in [6.45, 7) is 0. The van der Waals surface area contributed by atoms with Crippen molar-refractivity contribution in [2.45, 2.75) is 0 Å². The lowest BCUT2D eigenvalue weighted by Crippen LogP contribution is -2.48. The Morgan fingerprint density at radius 3 is 0.731 bits per heavy atom. The van der Waals surface area contributed by atoms with E-state index in [1.165, 1.54) is 24.3 Å². The normalized spacial score (nSPS) is 12.2. The van der Waals surface area contributed by atoms with E-state index in [0.29, 0.717) is 0 Å². The lowest BCUT2D eigenvalue weighted by atomic mass is 10.0. The molecule has 0 aliphatic carbocycles. The summed E-state index contributed by atoms with van der Waals surface area (Å²) in [6.07, 6.45) is 0. The van der Waals surface area contributed by atoms with Crippen LogP contribution in [-0.2, 0) is 0 Å². The van der Waals surface area contributed by atoms with E-state index >= 15 is 0 Å². The monoisotopic (exact) mass is 386 g/mol. The van der Waals surface area contributed by atoms with Gasteiger partial charge in [-0.1, -0.05) is 72.8 Å². The Morgan fingerprint density at radius 2 is 0.538 bits per heavy atom. The van der Waals surface area contributed by atoms with E-state index in [1.54, 1.807) is 24.3 Å². The summed E-state index contributed by atoms with van der Waals surface area (Å²) in [6, 6.07) is 20.4. The van der Waals surface area contributed by atoms with Gasteiger partial charge in [0.1, 0.15) is 0 Å². The quantitative estimate of drug-likeness (QED) is 0.329. The van der Waals surface area contributed by atoms with Gasteiger partial charge in [0, 0.05) is 10.4 Å². The minimum atomic E-state index is -4.28. The summed E-state index contributed by atoms with van der Waals surface area (Å²) in [5.74, 6) is 0. The van der Waals surface area contributed by atoms with Gasteiger partial charge >= 0.3 is 17.6 Å². The highest BCUT2D eigenvalue weighted by molar-refractivity contribution is 6.72. The van der Waals surface area contributed by atoms with Gasteiger partial charge in [-0.25, -0.2) is 0 Å². The van der Waals surface area contributed by atoms with Gasteiger partial charge in [0.25, 0.3) is 0 Å². The zero-order valence-corrected chi connectivity index (χ0v) is 15.6. The topological polar surface area (TPSA) is 121 Å². The van der Waals surface area contributed by atoms with Crippen LogP contribution in [-0.4, -0.2) is 46.4 Å². The molecule has 6 nitrogen and oxygen atoms in total. The van der Waals surface area contributed by atoms with E-state index in [0.717, 1.165) is 22.3 Å². The van der Waals surface area contributed by atoms with Gasteiger partial charge in [-0.05, 0) is 22.3 Å². The van der Waals surface area contributed by atoms with Crippen molar-refractivity contribution >= 4 is 28.0 Å². The molecule has 0 amide bonds. The first kappa shape index (κ1) is 18.6. The van der Waals surface area contributed by atoms with Crippen LogP contribution in [0.1, 0.15) is 0 Å². The van der Waals surface area contributed by atoms with Crippen molar-refractivity contribution in [1.29, 1.82) is 0 Å². The fourth-order valence-electron chi connectivity index (χ4n) is 2.63. The van der Waals surface area contributed by atoms with E-state index in [1.807, 2.05) is 24.3 Å². The summed E-state index contributed by atoms with van der Waals surface area (Å²) >= 11 is 0. The van der Waals surface area contributed by atoms with Gasteiger partial charge in [-0.2, -0.15) is 0 Å². The molecule has 8 heteroatoms. The third-order valence-electron chi connectivity index (χ3n) is 4.10. The van der Waals surface area contributed by atoms with Crippen LogP contribution in [0.4, 0.5) is 0 Å². The van der Waals surface area contributed by atoms with Crippen molar-refractivity contribution in [3.8, 4) is 22.3 Å². The molecule has 0 aromatic heterocycles.